The molecule has 0 aliphatic heterocycles. The lowest BCUT2D eigenvalue weighted by Crippen LogP contribution is -2.25. The van der Waals surface area contributed by atoms with Gasteiger partial charge in [-0.1, -0.05) is 13.8 Å². The minimum absolute atomic E-state index is 0.353. The number of hydrogen-bond donors (Lipinski definition) is 2. The predicted molar refractivity (Wildman–Crippen MR) is 53.8 cm³/mol. The molecule has 11 heavy (non-hydrogen) atoms. The average Bonchev–Trinajstić information content (AvgIpc) is 1.86. The molecular weight excluding hydrogens is 156 g/mol. The first kappa shape index (κ1) is 11.3. The lowest BCUT2D eigenvalue weighted by atomic mass is 10.1. The first-order valence-corrected chi connectivity index (χ1v) is 5.35. The van der Waals surface area contributed by atoms with Gasteiger partial charge in [0.25, 0.3) is 0 Å². The molecule has 2 nitrogen and oxygen atoms in total. The van der Waals surface area contributed by atoms with Crippen molar-refractivity contribution in [1.29, 1.82) is 0 Å². The molecule has 0 saturated heterocycles. The molecule has 0 aliphatic rings. The number of nitrogens with two attached hydrogens (primary N) is 2. The van der Waals surface area contributed by atoms with E-state index < -0.39 is 0 Å². The summed E-state index contributed by atoms with van der Waals surface area (Å²) in [4.78, 5) is 0. The zero-order valence-electron chi connectivity index (χ0n) is 7.55. The van der Waals surface area contributed by atoms with Crippen molar-refractivity contribution in [3.05, 3.63) is 0 Å². The highest BCUT2D eigenvalue weighted by atomic mass is 32.2. The number of hydrogen-bond acceptors (Lipinski definition) is 3. The zero-order valence-corrected chi connectivity index (χ0v) is 8.36. The summed E-state index contributed by atoms with van der Waals surface area (Å²) in [5, 5.41) is 0. The first-order chi connectivity index (χ1) is 5.16. The maximum Gasteiger partial charge on any atom is 0.0132 e. The lowest BCUT2D eigenvalue weighted by molar-refractivity contribution is 0.524. The van der Waals surface area contributed by atoms with E-state index in [1.807, 2.05) is 11.8 Å². The molecule has 0 saturated carbocycles. The second kappa shape index (κ2) is 6.95. The highest BCUT2D eigenvalue weighted by Gasteiger charge is 2.04. The van der Waals surface area contributed by atoms with Crippen LogP contribution in [0.1, 0.15) is 20.3 Å². The standard InChI is InChI=1S/C8H20N2S/c1-7(2)5-8(10)6-11-4-3-9/h7-8H,3-6,9-10H2,1-2H3/t8-/m0/s1. The fraction of sp³-hybridized carbons (Fsp3) is 1.00. The van der Waals surface area contributed by atoms with Gasteiger partial charge in [-0.05, 0) is 12.3 Å². The molecule has 0 aromatic carbocycles. The molecule has 0 fully saturated rings. The van der Waals surface area contributed by atoms with Gasteiger partial charge < -0.3 is 11.5 Å². The Bertz CT molecular complexity index is 86.2. The van der Waals surface area contributed by atoms with Crippen LogP contribution in [0.4, 0.5) is 0 Å². The topological polar surface area (TPSA) is 52.0 Å². The fourth-order valence-electron chi connectivity index (χ4n) is 0.992. The van der Waals surface area contributed by atoms with Crippen LogP contribution in [0.2, 0.25) is 0 Å². The van der Waals surface area contributed by atoms with Crippen molar-refractivity contribution in [3.8, 4) is 0 Å². The van der Waals surface area contributed by atoms with E-state index in [9.17, 15) is 0 Å². The summed E-state index contributed by atoms with van der Waals surface area (Å²) in [6.07, 6.45) is 1.12. The lowest BCUT2D eigenvalue weighted by Gasteiger charge is -2.12. The molecular formula is C8H20N2S. The van der Waals surface area contributed by atoms with Crippen molar-refractivity contribution >= 4 is 11.8 Å². The third-order valence-electron chi connectivity index (χ3n) is 1.37. The number of thioether (sulfide) groups is 1. The molecule has 4 N–H and O–H groups in total. The normalized spacial score (nSPS) is 13.9. The molecule has 0 aliphatic carbocycles. The fourth-order valence-corrected chi connectivity index (χ4v) is 1.76. The molecule has 0 heterocycles. The van der Waals surface area contributed by atoms with Crippen LogP contribution in [0.25, 0.3) is 0 Å². The minimum atomic E-state index is 0.353. The summed E-state index contributed by atoms with van der Waals surface area (Å²) < 4.78 is 0. The largest absolute Gasteiger partial charge is 0.330 e. The van der Waals surface area contributed by atoms with Gasteiger partial charge in [0.05, 0.1) is 0 Å². The maximum atomic E-state index is 5.85. The Balaban J connectivity index is 3.15. The summed E-state index contributed by atoms with van der Waals surface area (Å²) >= 11 is 1.85. The molecule has 1 atom stereocenters. The third-order valence-corrected chi connectivity index (χ3v) is 2.56. The second-order valence-electron chi connectivity index (χ2n) is 3.25. The molecule has 0 rings (SSSR count). The molecule has 0 unspecified atom stereocenters. The summed E-state index contributed by atoms with van der Waals surface area (Å²) in [6, 6.07) is 0.353. The van der Waals surface area contributed by atoms with Crippen molar-refractivity contribution in [2.75, 3.05) is 18.1 Å². The summed E-state index contributed by atoms with van der Waals surface area (Å²) in [5.74, 6) is 2.80. The Morgan fingerprint density at radius 1 is 1.36 bits per heavy atom. The molecule has 0 aromatic heterocycles. The van der Waals surface area contributed by atoms with Crippen molar-refractivity contribution < 1.29 is 0 Å². The Kier molecular flexibility index (Phi) is 7.12. The Hall–Kier alpha value is 0.270. The molecule has 0 aromatic rings. The van der Waals surface area contributed by atoms with Crippen molar-refractivity contribution in [2.24, 2.45) is 17.4 Å². The van der Waals surface area contributed by atoms with Crippen LogP contribution in [0.3, 0.4) is 0 Å². The summed E-state index contributed by atoms with van der Waals surface area (Å²) in [7, 11) is 0. The molecule has 0 spiro atoms. The van der Waals surface area contributed by atoms with Gasteiger partial charge in [-0.3, -0.25) is 0 Å². The van der Waals surface area contributed by atoms with Gasteiger partial charge in [-0.15, -0.1) is 0 Å². The maximum absolute atomic E-state index is 5.85. The molecule has 0 amide bonds. The first-order valence-electron chi connectivity index (χ1n) is 4.20. The van der Waals surface area contributed by atoms with E-state index in [0.29, 0.717) is 12.0 Å². The molecule has 68 valence electrons. The molecule has 0 bridgehead atoms. The molecule has 3 heteroatoms. The van der Waals surface area contributed by atoms with Crippen LogP contribution in [-0.2, 0) is 0 Å². The van der Waals surface area contributed by atoms with Crippen LogP contribution in [0.5, 0.6) is 0 Å². The van der Waals surface area contributed by atoms with Crippen molar-refractivity contribution in [3.63, 3.8) is 0 Å². The number of rotatable bonds is 6. The van der Waals surface area contributed by atoms with Crippen LogP contribution in [-0.4, -0.2) is 24.1 Å². The van der Waals surface area contributed by atoms with E-state index >= 15 is 0 Å². The Morgan fingerprint density at radius 2 is 2.00 bits per heavy atom. The van der Waals surface area contributed by atoms with Gasteiger partial charge in [0.2, 0.25) is 0 Å². The van der Waals surface area contributed by atoms with E-state index in [-0.39, 0.29) is 0 Å². The van der Waals surface area contributed by atoms with Crippen LogP contribution >= 0.6 is 11.8 Å². The van der Waals surface area contributed by atoms with Crippen LogP contribution < -0.4 is 11.5 Å². The van der Waals surface area contributed by atoms with E-state index in [1.165, 1.54) is 0 Å². The third kappa shape index (κ3) is 8.17. The minimum Gasteiger partial charge on any atom is -0.330 e. The monoisotopic (exact) mass is 176 g/mol. The zero-order chi connectivity index (χ0) is 8.69. The van der Waals surface area contributed by atoms with Crippen molar-refractivity contribution in [1.82, 2.24) is 0 Å². The van der Waals surface area contributed by atoms with Gasteiger partial charge in [-0.2, -0.15) is 11.8 Å². The van der Waals surface area contributed by atoms with Crippen LogP contribution in [0.15, 0.2) is 0 Å². The van der Waals surface area contributed by atoms with E-state index in [0.717, 1.165) is 24.5 Å². The van der Waals surface area contributed by atoms with Gasteiger partial charge in [0.1, 0.15) is 0 Å². The highest BCUT2D eigenvalue weighted by Crippen LogP contribution is 2.08. The smallest absolute Gasteiger partial charge is 0.0132 e. The quantitative estimate of drug-likeness (QED) is 0.595. The van der Waals surface area contributed by atoms with E-state index in [1.54, 1.807) is 0 Å². The predicted octanol–water partition coefficient (Wildman–Crippen LogP) is 1.05. The summed E-state index contributed by atoms with van der Waals surface area (Å²) in [5.41, 5.74) is 11.2. The van der Waals surface area contributed by atoms with E-state index in [2.05, 4.69) is 13.8 Å². The Morgan fingerprint density at radius 3 is 2.45 bits per heavy atom. The van der Waals surface area contributed by atoms with Gasteiger partial charge in [0.15, 0.2) is 0 Å². The van der Waals surface area contributed by atoms with Gasteiger partial charge in [-0.25, -0.2) is 0 Å². The van der Waals surface area contributed by atoms with Gasteiger partial charge >= 0.3 is 0 Å². The summed E-state index contributed by atoms with van der Waals surface area (Å²) in [6.45, 7) is 5.17. The van der Waals surface area contributed by atoms with E-state index in [4.69, 9.17) is 11.5 Å². The van der Waals surface area contributed by atoms with Gasteiger partial charge in [0, 0.05) is 24.1 Å². The molecule has 0 radical (unpaired) electrons. The van der Waals surface area contributed by atoms with Crippen molar-refractivity contribution in [2.45, 2.75) is 26.3 Å². The Labute approximate surface area is 74.1 Å². The second-order valence-corrected chi connectivity index (χ2v) is 4.40. The SMILES string of the molecule is CC(C)C[C@H](N)CSCCN. The van der Waals surface area contributed by atoms with Crippen LogP contribution in [0, 0.1) is 5.92 Å². The average molecular weight is 176 g/mol. The highest BCUT2D eigenvalue weighted by molar-refractivity contribution is 7.99.